The number of rotatable bonds is 6. The van der Waals surface area contributed by atoms with E-state index in [9.17, 15) is 14.0 Å². The average Bonchev–Trinajstić information content (AvgIpc) is 3.21. The fraction of sp³-hybridized carbons (Fsp3) is 0.529. The summed E-state index contributed by atoms with van der Waals surface area (Å²) >= 11 is 0. The predicted molar refractivity (Wildman–Crippen MR) is 89.2 cm³/mol. The van der Waals surface area contributed by atoms with Gasteiger partial charge in [0, 0.05) is 25.5 Å². The highest BCUT2D eigenvalue weighted by Gasteiger charge is 2.32. The van der Waals surface area contributed by atoms with Crippen LogP contribution in [0.5, 0.6) is 5.75 Å². The number of anilines is 1. The number of amides is 2. The SMILES string of the molecule is CC(=O)NCC1CN(c2ccc(OCC3CCNC3)c(F)c2)C(=O)O1. The van der Waals surface area contributed by atoms with Gasteiger partial charge in [0.2, 0.25) is 5.91 Å². The lowest BCUT2D eigenvalue weighted by Crippen LogP contribution is -2.33. The number of hydrogen-bond acceptors (Lipinski definition) is 5. The Morgan fingerprint density at radius 3 is 3.04 bits per heavy atom. The van der Waals surface area contributed by atoms with Gasteiger partial charge >= 0.3 is 6.09 Å². The van der Waals surface area contributed by atoms with Crippen molar-refractivity contribution >= 4 is 17.7 Å². The quantitative estimate of drug-likeness (QED) is 0.807. The van der Waals surface area contributed by atoms with Crippen LogP contribution in [0.3, 0.4) is 0 Å². The standard InChI is InChI=1S/C17H22FN3O4/c1-11(22)20-8-14-9-21(17(23)25-14)13-2-3-16(15(18)6-13)24-10-12-4-5-19-7-12/h2-3,6,12,14,19H,4-5,7-10H2,1H3,(H,20,22). The number of carbonyl (C=O) groups is 2. The van der Waals surface area contributed by atoms with Gasteiger partial charge in [-0.05, 0) is 25.1 Å². The molecule has 136 valence electrons. The second-order valence-corrected chi connectivity index (χ2v) is 6.34. The molecular weight excluding hydrogens is 329 g/mol. The van der Waals surface area contributed by atoms with Crippen LogP contribution in [0, 0.1) is 11.7 Å². The van der Waals surface area contributed by atoms with E-state index in [0.717, 1.165) is 19.5 Å². The van der Waals surface area contributed by atoms with Crippen LogP contribution in [0.25, 0.3) is 0 Å². The van der Waals surface area contributed by atoms with Crippen molar-refractivity contribution in [3.8, 4) is 5.75 Å². The van der Waals surface area contributed by atoms with Gasteiger partial charge in [-0.25, -0.2) is 9.18 Å². The average molecular weight is 351 g/mol. The van der Waals surface area contributed by atoms with Gasteiger partial charge in [-0.15, -0.1) is 0 Å². The molecule has 3 rings (SSSR count). The third kappa shape index (κ3) is 4.39. The van der Waals surface area contributed by atoms with Crippen LogP contribution in [-0.2, 0) is 9.53 Å². The Kier molecular flexibility index (Phi) is 5.37. The number of nitrogens with zero attached hydrogens (tertiary/aromatic N) is 1. The van der Waals surface area contributed by atoms with Crippen LogP contribution >= 0.6 is 0 Å². The summed E-state index contributed by atoms with van der Waals surface area (Å²) in [4.78, 5) is 24.2. The summed E-state index contributed by atoms with van der Waals surface area (Å²) in [5, 5.41) is 5.84. The summed E-state index contributed by atoms with van der Waals surface area (Å²) in [6.07, 6.45) is 0.0142. The first-order valence-electron chi connectivity index (χ1n) is 8.38. The van der Waals surface area contributed by atoms with Gasteiger partial charge in [0.05, 0.1) is 25.4 Å². The van der Waals surface area contributed by atoms with E-state index in [2.05, 4.69) is 10.6 Å². The Hall–Kier alpha value is -2.35. The summed E-state index contributed by atoms with van der Waals surface area (Å²) < 4.78 is 25.0. The van der Waals surface area contributed by atoms with Crippen LogP contribution in [0.4, 0.5) is 14.9 Å². The molecule has 25 heavy (non-hydrogen) atoms. The molecule has 0 spiro atoms. The second kappa shape index (κ2) is 7.69. The van der Waals surface area contributed by atoms with Crippen molar-refractivity contribution in [3.63, 3.8) is 0 Å². The maximum Gasteiger partial charge on any atom is 0.414 e. The molecule has 2 aliphatic rings. The van der Waals surface area contributed by atoms with E-state index >= 15 is 0 Å². The molecule has 2 saturated heterocycles. The Balaban J connectivity index is 1.59. The highest BCUT2D eigenvalue weighted by molar-refractivity contribution is 5.89. The topological polar surface area (TPSA) is 79.9 Å². The van der Waals surface area contributed by atoms with Gasteiger partial charge in [0.15, 0.2) is 11.6 Å². The van der Waals surface area contributed by atoms with Crippen LogP contribution in [0.15, 0.2) is 18.2 Å². The lowest BCUT2D eigenvalue weighted by molar-refractivity contribution is -0.119. The molecule has 2 unspecified atom stereocenters. The smallest absolute Gasteiger partial charge is 0.414 e. The number of benzene rings is 1. The molecule has 1 aromatic rings. The number of hydrogen-bond donors (Lipinski definition) is 2. The van der Waals surface area contributed by atoms with Gasteiger partial charge in [-0.2, -0.15) is 0 Å². The summed E-state index contributed by atoms with van der Waals surface area (Å²) in [6, 6.07) is 4.43. The van der Waals surface area contributed by atoms with Crippen molar-refractivity contribution in [2.75, 3.05) is 37.7 Å². The van der Waals surface area contributed by atoms with Crippen molar-refractivity contribution < 1.29 is 23.5 Å². The van der Waals surface area contributed by atoms with E-state index in [1.54, 1.807) is 6.07 Å². The molecule has 2 aliphatic heterocycles. The molecular formula is C17H22FN3O4. The Bertz CT molecular complexity index is 649. The van der Waals surface area contributed by atoms with Gasteiger partial charge in [-0.3, -0.25) is 9.69 Å². The third-order valence-electron chi connectivity index (χ3n) is 4.32. The first-order chi connectivity index (χ1) is 12.0. The molecule has 1 aromatic carbocycles. The van der Waals surface area contributed by atoms with Crippen molar-refractivity contribution in [1.29, 1.82) is 0 Å². The molecule has 2 atom stereocenters. The normalized spacial score (nSPS) is 22.8. The summed E-state index contributed by atoms with van der Waals surface area (Å²) in [5.74, 6) is -0.138. The highest BCUT2D eigenvalue weighted by atomic mass is 19.1. The molecule has 7 nitrogen and oxygen atoms in total. The van der Waals surface area contributed by atoms with E-state index in [1.807, 2.05) is 0 Å². The van der Waals surface area contributed by atoms with E-state index in [-0.39, 0.29) is 24.7 Å². The minimum atomic E-state index is -0.555. The Morgan fingerprint density at radius 2 is 2.36 bits per heavy atom. The zero-order valence-electron chi connectivity index (χ0n) is 14.1. The fourth-order valence-electron chi connectivity index (χ4n) is 2.94. The van der Waals surface area contributed by atoms with E-state index in [1.165, 1.54) is 24.0 Å². The molecule has 0 aliphatic carbocycles. The van der Waals surface area contributed by atoms with Gasteiger partial charge in [-0.1, -0.05) is 0 Å². The minimum absolute atomic E-state index is 0.179. The van der Waals surface area contributed by atoms with E-state index in [4.69, 9.17) is 9.47 Å². The van der Waals surface area contributed by atoms with E-state index in [0.29, 0.717) is 18.2 Å². The summed E-state index contributed by atoms with van der Waals surface area (Å²) in [6.45, 7) is 4.20. The maximum atomic E-state index is 14.3. The van der Waals surface area contributed by atoms with Crippen molar-refractivity contribution in [3.05, 3.63) is 24.0 Å². The largest absolute Gasteiger partial charge is 0.490 e. The number of carbonyl (C=O) groups excluding carboxylic acids is 2. The zero-order chi connectivity index (χ0) is 17.8. The monoisotopic (exact) mass is 351 g/mol. The van der Waals surface area contributed by atoms with Crippen LogP contribution in [0.2, 0.25) is 0 Å². The number of halogens is 1. The Morgan fingerprint density at radius 1 is 1.52 bits per heavy atom. The zero-order valence-corrected chi connectivity index (χ0v) is 14.1. The lowest BCUT2D eigenvalue weighted by atomic mass is 10.1. The van der Waals surface area contributed by atoms with Gasteiger partial charge in [0.25, 0.3) is 0 Å². The minimum Gasteiger partial charge on any atom is -0.490 e. The van der Waals surface area contributed by atoms with E-state index < -0.39 is 18.0 Å². The summed E-state index contributed by atoms with van der Waals surface area (Å²) in [7, 11) is 0. The van der Waals surface area contributed by atoms with Crippen LogP contribution in [0.1, 0.15) is 13.3 Å². The van der Waals surface area contributed by atoms with Crippen LogP contribution < -0.4 is 20.3 Å². The maximum absolute atomic E-state index is 14.3. The molecule has 0 bridgehead atoms. The molecule has 0 saturated carbocycles. The fourth-order valence-corrected chi connectivity index (χ4v) is 2.94. The number of cyclic esters (lactones) is 1. The third-order valence-corrected chi connectivity index (χ3v) is 4.32. The molecule has 0 aromatic heterocycles. The number of ether oxygens (including phenoxy) is 2. The Labute approximate surface area is 145 Å². The van der Waals surface area contributed by atoms with Gasteiger partial charge < -0.3 is 20.1 Å². The first kappa shape index (κ1) is 17.5. The first-order valence-corrected chi connectivity index (χ1v) is 8.38. The van der Waals surface area contributed by atoms with Crippen LogP contribution in [-0.4, -0.2) is 50.9 Å². The van der Waals surface area contributed by atoms with Crippen molar-refractivity contribution in [2.45, 2.75) is 19.4 Å². The molecule has 8 heteroatoms. The van der Waals surface area contributed by atoms with Gasteiger partial charge in [0.1, 0.15) is 6.10 Å². The second-order valence-electron chi connectivity index (χ2n) is 6.34. The molecule has 2 heterocycles. The summed E-state index contributed by atoms with van der Waals surface area (Å²) in [5.41, 5.74) is 0.405. The molecule has 2 amide bonds. The van der Waals surface area contributed by atoms with Crippen molar-refractivity contribution in [2.24, 2.45) is 5.92 Å². The lowest BCUT2D eigenvalue weighted by Gasteiger charge is -2.16. The molecule has 2 fully saturated rings. The van der Waals surface area contributed by atoms with Crippen molar-refractivity contribution in [1.82, 2.24) is 10.6 Å². The molecule has 0 radical (unpaired) electrons. The predicted octanol–water partition coefficient (Wildman–Crippen LogP) is 1.28. The number of nitrogens with one attached hydrogen (secondary N) is 2. The highest BCUT2D eigenvalue weighted by Crippen LogP contribution is 2.27. The molecule has 2 N–H and O–H groups in total.